The lowest BCUT2D eigenvalue weighted by molar-refractivity contribution is -0.385. The minimum atomic E-state index is -0.592. The van der Waals surface area contributed by atoms with E-state index in [0.717, 1.165) is 0 Å². The summed E-state index contributed by atoms with van der Waals surface area (Å²) in [6.07, 6.45) is 1.28. The lowest BCUT2D eigenvalue weighted by Gasteiger charge is -2.03. The van der Waals surface area contributed by atoms with E-state index in [-0.39, 0.29) is 46.4 Å². The van der Waals surface area contributed by atoms with Gasteiger partial charge in [-0.25, -0.2) is 4.68 Å². The number of nitrogens with zero attached hydrogens (tertiary/aromatic N) is 5. The van der Waals surface area contributed by atoms with Crippen LogP contribution in [-0.2, 0) is 0 Å². The van der Waals surface area contributed by atoms with E-state index in [1.165, 1.54) is 22.9 Å². The summed E-state index contributed by atoms with van der Waals surface area (Å²) in [6.45, 7) is -0.0542. The van der Waals surface area contributed by atoms with Crippen LogP contribution < -0.4 is 15.2 Å². The Morgan fingerprint density at radius 3 is 2.57 bits per heavy atom. The smallest absolute Gasteiger partial charge is 0.280 e. The Kier molecular flexibility index (Phi) is 4.51. The predicted molar refractivity (Wildman–Crippen MR) is 105 cm³/mol. The van der Waals surface area contributed by atoms with E-state index in [9.17, 15) is 20.6 Å². The van der Waals surface area contributed by atoms with Gasteiger partial charge in [-0.1, -0.05) is 18.2 Å². The number of nitro benzene ring substituents is 1. The second-order valence-corrected chi connectivity index (χ2v) is 6.16. The van der Waals surface area contributed by atoms with Crippen LogP contribution in [0.1, 0.15) is 16.8 Å². The van der Waals surface area contributed by atoms with Crippen molar-refractivity contribution in [3.63, 3.8) is 0 Å². The summed E-state index contributed by atoms with van der Waals surface area (Å²) >= 11 is 0. The van der Waals surface area contributed by atoms with Crippen LogP contribution in [0.25, 0.3) is 17.3 Å². The number of hydrogen-bond acceptors (Lipinski definition) is 8. The Labute approximate surface area is 169 Å². The molecule has 0 amide bonds. The van der Waals surface area contributed by atoms with Crippen molar-refractivity contribution in [1.29, 1.82) is 10.5 Å². The van der Waals surface area contributed by atoms with Gasteiger partial charge in [-0.2, -0.15) is 15.6 Å². The van der Waals surface area contributed by atoms with E-state index in [4.69, 9.17) is 15.2 Å². The van der Waals surface area contributed by atoms with Gasteiger partial charge in [0, 0.05) is 0 Å². The monoisotopic (exact) mass is 400 g/mol. The first-order valence-electron chi connectivity index (χ1n) is 8.57. The maximum absolute atomic E-state index is 11.5. The Hall–Kier alpha value is -4.83. The summed E-state index contributed by atoms with van der Waals surface area (Å²) < 4.78 is 11.8. The van der Waals surface area contributed by atoms with Gasteiger partial charge in [-0.3, -0.25) is 10.1 Å². The van der Waals surface area contributed by atoms with Crippen LogP contribution in [0, 0.1) is 32.8 Å². The summed E-state index contributed by atoms with van der Waals surface area (Å²) in [7, 11) is 0. The molecule has 2 heterocycles. The summed E-state index contributed by atoms with van der Waals surface area (Å²) in [6, 6.07) is 15.4. The predicted octanol–water partition coefficient (Wildman–Crippen LogP) is 3.03. The average Bonchev–Trinajstić information content (AvgIpc) is 3.35. The van der Waals surface area contributed by atoms with E-state index in [1.807, 2.05) is 18.2 Å². The van der Waals surface area contributed by atoms with Gasteiger partial charge in [-0.05, 0) is 24.3 Å². The molecule has 0 aliphatic carbocycles. The van der Waals surface area contributed by atoms with Crippen LogP contribution in [0.4, 0.5) is 11.5 Å². The summed E-state index contributed by atoms with van der Waals surface area (Å²) in [4.78, 5) is 10.9. The third-order valence-electron chi connectivity index (χ3n) is 4.43. The Balaban J connectivity index is 1.89. The molecule has 30 heavy (non-hydrogen) atoms. The molecular weight excluding hydrogens is 388 g/mol. The number of anilines is 1. The summed E-state index contributed by atoms with van der Waals surface area (Å²) in [5.41, 5.74) is 6.47. The van der Waals surface area contributed by atoms with Crippen molar-refractivity contribution in [2.24, 2.45) is 0 Å². The lowest BCUT2D eigenvalue weighted by Crippen LogP contribution is -2.02. The van der Waals surface area contributed by atoms with Gasteiger partial charge in [0.25, 0.3) is 5.69 Å². The van der Waals surface area contributed by atoms with Crippen molar-refractivity contribution in [3.05, 3.63) is 69.4 Å². The number of nitro groups is 1. The minimum Gasteiger partial charge on any atom is -0.454 e. The Morgan fingerprint density at radius 2 is 1.93 bits per heavy atom. The molecule has 0 fully saturated rings. The van der Waals surface area contributed by atoms with Gasteiger partial charge in [0.2, 0.25) is 6.79 Å². The molecule has 4 rings (SSSR count). The van der Waals surface area contributed by atoms with Crippen molar-refractivity contribution < 1.29 is 14.4 Å². The number of ether oxygens (including phenoxy) is 2. The van der Waals surface area contributed by atoms with Crippen LogP contribution in [0.15, 0.2) is 42.5 Å². The number of aromatic nitrogens is 2. The molecule has 0 radical (unpaired) electrons. The highest BCUT2D eigenvalue weighted by Crippen LogP contribution is 2.39. The molecule has 146 valence electrons. The maximum atomic E-state index is 11.5. The molecule has 10 heteroatoms. The molecule has 0 spiro atoms. The Morgan fingerprint density at radius 1 is 1.23 bits per heavy atom. The molecule has 1 aliphatic rings. The fourth-order valence-electron chi connectivity index (χ4n) is 3.03. The van der Waals surface area contributed by atoms with Gasteiger partial charge in [0.05, 0.1) is 27.8 Å². The number of nitrogen functional groups attached to an aromatic ring is 1. The molecule has 0 atom stereocenters. The topological polar surface area (TPSA) is 153 Å². The molecule has 0 bridgehead atoms. The highest BCUT2D eigenvalue weighted by Gasteiger charge is 2.25. The van der Waals surface area contributed by atoms with Crippen molar-refractivity contribution in [1.82, 2.24) is 9.78 Å². The van der Waals surface area contributed by atoms with Crippen molar-refractivity contribution in [3.8, 4) is 29.3 Å². The quantitative estimate of drug-likeness (QED) is 0.398. The fourth-order valence-corrected chi connectivity index (χ4v) is 3.03. The van der Waals surface area contributed by atoms with E-state index in [0.29, 0.717) is 11.4 Å². The van der Waals surface area contributed by atoms with E-state index < -0.39 is 4.92 Å². The van der Waals surface area contributed by atoms with Crippen molar-refractivity contribution >= 4 is 23.2 Å². The average molecular weight is 400 g/mol. The van der Waals surface area contributed by atoms with Gasteiger partial charge < -0.3 is 15.2 Å². The third kappa shape index (κ3) is 3.04. The molecule has 0 saturated carbocycles. The molecule has 10 nitrogen and oxygen atoms in total. The largest absolute Gasteiger partial charge is 0.454 e. The molecule has 1 aliphatic heterocycles. The van der Waals surface area contributed by atoms with Crippen LogP contribution in [-0.4, -0.2) is 21.5 Å². The highest BCUT2D eigenvalue weighted by atomic mass is 16.7. The van der Waals surface area contributed by atoms with E-state index in [1.54, 1.807) is 24.3 Å². The summed E-state index contributed by atoms with van der Waals surface area (Å²) in [5, 5.41) is 35.1. The van der Waals surface area contributed by atoms with Crippen molar-refractivity contribution in [2.45, 2.75) is 0 Å². The normalized spacial score (nSPS) is 12.3. The fraction of sp³-hybridized carbons (Fsp3) is 0.0500. The first-order valence-corrected chi connectivity index (χ1v) is 8.57. The second kappa shape index (κ2) is 7.30. The number of para-hydroxylation sites is 1. The molecule has 0 saturated heterocycles. The first-order chi connectivity index (χ1) is 14.5. The number of nitriles is 2. The van der Waals surface area contributed by atoms with E-state index in [2.05, 4.69) is 5.10 Å². The number of fused-ring (bicyclic) bond motifs is 1. The Bertz CT molecular complexity index is 1280. The van der Waals surface area contributed by atoms with Crippen LogP contribution >= 0.6 is 0 Å². The van der Waals surface area contributed by atoms with Gasteiger partial charge in [0.1, 0.15) is 29.2 Å². The molecule has 1 aromatic heterocycles. The second-order valence-electron chi connectivity index (χ2n) is 6.16. The first kappa shape index (κ1) is 18.5. The maximum Gasteiger partial charge on any atom is 0.280 e. The van der Waals surface area contributed by atoms with Crippen LogP contribution in [0.5, 0.6) is 11.5 Å². The van der Waals surface area contributed by atoms with Gasteiger partial charge in [-0.15, -0.1) is 0 Å². The van der Waals surface area contributed by atoms with Gasteiger partial charge >= 0.3 is 0 Å². The lowest BCUT2D eigenvalue weighted by atomic mass is 10.0. The minimum absolute atomic E-state index is 0.00458. The molecule has 2 aromatic carbocycles. The highest BCUT2D eigenvalue weighted by molar-refractivity contribution is 5.93. The SMILES string of the molecule is N#C/C(=C\c1cc2c(cc1[N+](=O)[O-])OCO2)c1nn(-c2ccccc2)c(N)c1C#N. The van der Waals surface area contributed by atoms with E-state index >= 15 is 0 Å². The zero-order valence-electron chi connectivity index (χ0n) is 15.3. The standard InChI is InChI=1S/C20H12N6O4/c21-9-13(6-12-7-17-18(30-11-29-17)8-16(12)26(27)28)19-15(10-22)20(23)25(24-19)14-4-2-1-3-5-14/h1-8H,11,23H2/b13-6+. The number of rotatable bonds is 4. The molecule has 3 aromatic rings. The number of benzene rings is 2. The third-order valence-corrected chi connectivity index (χ3v) is 4.43. The zero-order valence-corrected chi connectivity index (χ0v) is 15.3. The van der Waals surface area contributed by atoms with Gasteiger partial charge in [0.15, 0.2) is 11.5 Å². The zero-order chi connectivity index (χ0) is 21.3. The van der Waals surface area contributed by atoms with Crippen LogP contribution in [0.2, 0.25) is 0 Å². The number of hydrogen-bond donors (Lipinski definition) is 1. The molecular formula is C20H12N6O4. The number of allylic oxidation sites excluding steroid dienone is 1. The molecule has 0 unspecified atom stereocenters. The number of nitrogens with two attached hydrogens (primary N) is 1. The molecule has 2 N–H and O–H groups in total. The summed E-state index contributed by atoms with van der Waals surface area (Å²) in [5.74, 6) is 0.617. The van der Waals surface area contributed by atoms with Crippen molar-refractivity contribution in [2.75, 3.05) is 12.5 Å². The van der Waals surface area contributed by atoms with Crippen LogP contribution in [0.3, 0.4) is 0 Å².